The third kappa shape index (κ3) is 3.86. The summed E-state index contributed by atoms with van der Waals surface area (Å²) in [4.78, 5) is 16.6. The Morgan fingerprint density at radius 1 is 0.893 bits per heavy atom. The maximum absolute atomic E-state index is 12.3. The second-order valence-electron chi connectivity index (χ2n) is 6.47. The number of hydrogen-bond donors (Lipinski definition) is 1. The molecule has 28 heavy (non-hydrogen) atoms. The first kappa shape index (κ1) is 17.7. The molecule has 0 spiro atoms. The van der Waals surface area contributed by atoms with Gasteiger partial charge in [0.25, 0.3) is 0 Å². The van der Waals surface area contributed by atoms with Crippen molar-refractivity contribution in [3.63, 3.8) is 0 Å². The number of carbonyl (C=O) groups is 1. The molecular formula is C24H20N2O2. The number of anilines is 1. The zero-order valence-corrected chi connectivity index (χ0v) is 15.6. The number of amides is 1. The van der Waals surface area contributed by atoms with Crippen molar-refractivity contribution in [2.24, 2.45) is 0 Å². The lowest BCUT2D eigenvalue weighted by atomic mass is 10.0. The zero-order chi connectivity index (χ0) is 19.3. The lowest BCUT2D eigenvalue weighted by Gasteiger charge is -2.09. The maximum atomic E-state index is 12.3. The second kappa shape index (κ2) is 7.92. The molecule has 138 valence electrons. The molecule has 4 rings (SSSR count). The fourth-order valence-electron chi connectivity index (χ4n) is 3.08. The average Bonchev–Trinajstić information content (AvgIpc) is 2.75. The Morgan fingerprint density at radius 3 is 2.29 bits per heavy atom. The Morgan fingerprint density at radius 2 is 1.57 bits per heavy atom. The largest absolute Gasteiger partial charge is 0.417 e. The van der Waals surface area contributed by atoms with Gasteiger partial charge in [0.1, 0.15) is 5.52 Å². The van der Waals surface area contributed by atoms with E-state index < -0.39 is 6.09 Å². The average molecular weight is 368 g/mol. The minimum Gasteiger partial charge on any atom is -0.408 e. The number of carbonyl (C=O) groups excluding carboxylic acids is 1. The van der Waals surface area contributed by atoms with E-state index in [1.54, 1.807) is 12.3 Å². The molecule has 0 unspecified atom stereocenters. The normalized spacial score (nSPS) is 10.6. The van der Waals surface area contributed by atoms with Crippen molar-refractivity contribution in [3.8, 4) is 16.9 Å². The molecule has 0 radical (unpaired) electrons. The third-order valence-corrected chi connectivity index (χ3v) is 4.63. The molecule has 0 aliphatic heterocycles. The van der Waals surface area contributed by atoms with Gasteiger partial charge in [-0.2, -0.15) is 0 Å². The number of para-hydroxylation sites is 1. The van der Waals surface area contributed by atoms with Crippen LogP contribution in [0.25, 0.3) is 22.0 Å². The smallest absolute Gasteiger partial charge is 0.408 e. The molecule has 0 aliphatic rings. The third-order valence-electron chi connectivity index (χ3n) is 4.63. The molecule has 1 aromatic heterocycles. The highest BCUT2D eigenvalue weighted by atomic mass is 16.6. The van der Waals surface area contributed by atoms with E-state index in [1.807, 2.05) is 48.5 Å². The van der Waals surface area contributed by atoms with Crippen LogP contribution in [0.3, 0.4) is 0 Å². The molecule has 4 nitrogen and oxygen atoms in total. The Labute approximate surface area is 163 Å². The standard InChI is InChI=1S/C24H20N2O2/c1-2-17-8-10-18(11-9-17)19-12-14-21(15-13-19)26-24(27)28-22-7-3-5-20-6-4-16-25-23(20)22/h3-16H,2H2,1H3,(H,26,27). The van der Waals surface area contributed by atoms with Crippen LogP contribution in [0.2, 0.25) is 0 Å². The predicted octanol–water partition coefficient (Wildman–Crippen LogP) is 6.08. The van der Waals surface area contributed by atoms with E-state index in [9.17, 15) is 4.79 Å². The number of pyridine rings is 1. The molecule has 3 aromatic carbocycles. The molecule has 0 saturated carbocycles. The molecular weight excluding hydrogens is 348 g/mol. The number of aryl methyl sites for hydroxylation is 1. The number of nitrogens with zero attached hydrogens (tertiary/aromatic N) is 1. The van der Waals surface area contributed by atoms with Crippen molar-refractivity contribution in [1.29, 1.82) is 0 Å². The first-order valence-electron chi connectivity index (χ1n) is 9.25. The Balaban J connectivity index is 1.45. The van der Waals surface area contributed by atoms with Gasteiger partial charge in [-0.15, -0.1) is 0 Å². The summed E-state index contributed by atoms with van der Waals surface area (Å²) in [6.07, 6.45) is 2.16. The van der Waals surface area contributed by atoms with Gasteiger partial charge < -0.3 is 4.74 Å². The molecule has 1 heterocycles. The van der Waals surface area contributed by atoms with Crippen LogP contribution in [-0.4, -0.2) is 11.1 Å². The van der Waals surface area contributed by atoms with E-state index in [0.717, 1.165) is 22.9 Å². The van der Waals surface area contributed by atoms with Crippen molar-refractivity contribution in [3.05, 3.63) is 90.6 Å². The van der Waals surface area contributed by atoms with Gasteiger partial charge in [0.05, 0.1) is 0 Å². The van der Waals surface area contributed by atoms with Crippen LogP contribution in [0.15, 0.2) is 85.1 Å². The molecule has 0 fully saturated rings. The van der Waals surface area contributed by atoms with Gasteiger partial charge in [-0.05, 0) is 47.4 Å². The number of rotatable bonds is 4. The van der Waals surface area contributed by atoms with Crippen molar-refractivity contribution >= 4 is 22.7 Å². The summed E-state index contributed by atoms with van der Waals surface area (Å²) in [6.45, 7) is 2.14. The zero-order valence-electron chi connectivity index (χ0n) is 15.6. The minimum atomic E-state index is -0.543. The van der Waals surface area contributed by atoms with E-state index in [-0.39, 0.29) is 0 Å². The van der Waals surface area contributed by atoms with Gasteiger partial charge in [-0.3, -0.25) is 10.3 Å². The lowest BCUT2D eigenvalue weighted by molar-refractivity contribution is 0.215. The Bertz CT molecular complexity index is 1100. The van der Waals surface area contributed by atoms with Gasteiger partial charge in [0.2, 0.25) is 0 Å². The van der Waals surface area contributed by atoms with E-state index in [2.05, 4.69) is 41.5 Å². The summed E-state index contributed by atoms with van der Waals surface area (Å²) < 4.78 is 5.46. The Hall–Kier alpha value is -3.66. The van der Waals surface area contributed by atoms with Crippen molar-refractivity contribution < 1.29 is 9.53 Å². The monoisotopic (exact) mass is 368 g/mol. The van der Waals surface area contributed by atoms with Crippen LogP contribution in [0, 0.1) is 0 Å². The van der Waals surface area contributed by atoms with Crippen LogP contribution >= 0.6 is 0 Å². The van der Waals surface area contributed by atoms with E-state index >= 15 is 0 Å². The van der Waals surface area contributed by atoms with Crippen molar-refractivity contribution in [2.75, 3.05) is 5.32 Å². The summed E-state index contributed by atoms with van der Waals surface area (Å²) in [5, 5.41) is 3.69. The molecule has 1 N–H and O–H groups in total. The number of benzene rings is 3. The number of hydrogen-bond acceptors (Lipinski definition) is 3. The first-order chi connectivity index (χ1) is 13.7. The minimum absolute atomic E-state index is 0.434. The first-order valence-corrected chi connectivity index (χ1v) is 9.25. The van der Waals surface area contributed by atoms with E-state index in [4.69, 9.17) is 4.74 Å². The molecule has 1 amide bonds. The highest BCUT2D eigenvalue weighted by Gasteiger charge is 2.09. The van der Waals surface area contributed by atoms with Gasteiger partial charge in [-0.25, -0.2) is 4.79 Å². The number of aromatic nitrogens is 1. The van der Waals surface area contributed by atoms with Gasteiger partial charge in [0.15, 0.2) is 5.75 Å². The maximum Gasteiger partial charge on any atom is 0.417 e. The second-order valence-corrected chi connectivity index (χ2v) is 6.47. The quantitative estimate of drug-likeness (QED) is 0.475. The summed E-state index contributed by atoms with van der Waals surface area (Å²) in [5.74, 6) is 0.434. The number of fused-ring (bicyclic) bond motifs is 1. The predicted molar refractivity (Wildman–Crippen MR) is 113 cm³/mol. The highest BCUT2D eigenvalue weighted by molar-refractivity contribution is 5.91. The SMILES string of the molecule is CCc1ccc(-c2ccc(NC(=O)Oc3cccc4cccnc34)cc2)cc1. The highest BCUT2D eigenvalue weighted by Crippen LogP contribution is 2.24. The molecule has 0 saturated heterocycles. The van der Waals surface area contributed by atoms with E-state index in [1.165, 1.54) is 5.56 Å². The summed E-state index contributed by atoms with van der Waals surface area (Å²) >= 11 is 0. The van der Waals surface area contributed by atoms with Gasteiger partial charge >= 0.3 is 6.09 Å². The lowest BCUT2D eigenvalue weighted by Crippen LogP contribution is -2.16. The molecule has 0 aliphatic carbocycles. The topological polar surface area (TPSA) is 51.2 Å². The summed E-state index contributed by atoms with van der Waals surface area (Å²) in [7, 11) is 0. The summed E-state index contributed by atoms with van der Waals surface area (Å²) in [5.41, 5.74) is 4.89. The van der Waals surface area contributed by atoms with Crippen LogP contribution in [0.1, 0.15) is 12.5 Å². The fourth-order valence-corrected chi connectivity index (χ4v) is 3.08. The van der Waals surface area contributed by atoms with Crippen LogP contribution in [-0.2, 0) is 6.42 Å². The van der Waals surface area contributed by atoms with Crippen LogP contribution < -0.4 is 10.1 Å². The molecule has 0 atom stereocenters. The van der Waals surface area contributed by atoms with Gasteiger partial charge in [0, 0.05) is 17.3 Å². The molecule has 0 bridgehead atoms. The summed E-state index contributed by atoms with van der Waals surface area (Å²) in [6, 6.07) is 25.5. The number of nitrogens with one attached hydrogen (secondary N) is 1. The molecule has 4 heteroatoms. The van der Waals surface area contributed by atoms with Crippen LogP contribution in [0.4, 0.5) is 10.5 Å². The van der Waals surface area contributed by atoms with Gasteiger partial charge in [-0.1, -0.05) is 61.5 Å². The van der Waals surface area contributed by atoms with Crippen molar-refractivity contribution in [1.82, 2.24) is 4.98 Å². The Kier molecular flexibility index (Phi) is 5.02. The van der Waals surface area contributed by atoms with Crippen molar-refractivity contribution in [2.45, 2.75) is 13.3 Å². The van der Waals surface area contributed by atoms with E-state index in [0.29, 0.717) is 17.0 Å². The number of ether oxygens (including phenoxy) is 1. The van der Waals surface area contributed by atoms with Crippen LogP contribution in [0.5, 0.6) is 5.75 Å². The fraction of sp³-hybridized carbons (Fsp3) is 0.0833. The molecule has 4 aromatic rings.